The Bertz CT molecular complexity index is 1100. The molecule has 1 N–H and O–H groups in total. The third-order valence-electron chi connectivity index (χ3n) is 5.27. The highest BCUT2D eigenvalue weighted by Crippen LogP contribution is 2.32. The fourth-order valence-electron chi connectivity index (χ4n) is 3.33. The summed E-state index contributed by atoms with van der Waals surface area (Å²) >= 11 is 0. The number of hydrogen-bond donors (Lipinski definition) is 1. The molecule has 0 radical (unpaired) electrons. The fourth-order valence-corrected chi connectivity index (χ4v) is 4.26. The Hall–Kier alpha value is -3.07. The van der Waals surface area contributed by atoms with Gasteiger partial charge in [-0.3, -0.25) is 9.59 Å². The molecule has 0 aromatic heterocycles. The van der Waals surface area contributed by atoms with Gasteiger partial charge in [-0.15, -0.1) is 0 Å². The van der Waals surface area contributed by atoms with E-state index >= 15 is 0 Å². The van der Waals surface area contributed by atoms with Gasteiger partial charge in [0.25, 0.3) is 0 Å². The summed E-state index contributed by atoms with van der Waals surface area (Å²) in [7, 11) is -2.74. The Kier molecular flexibility index (Phi) is 9.49. The molecule has 34 heavy (non-hydrogen) atoms. The summed E-state index contributed by atoms with van der Waals surface area (Å²) in [6, 6.07) is 10.7. The van der Waals surface area contributed by atoms with Crippen molar-refractivity contribution in [3.05, 3.63) is 48.0 Å². The second-order valence-electron chi connectivity index (χ2n) is 8.61. The number of benzene rings is 2. The molecule has 2 rings (SSSR count). The Morgan fingerprint density at radius 2 is 1.68 bits per heavy atom. The molecule has 0 aliphatic heterocycles. The number of ether oxygens (including phenoxy) is 1. The standard InChI is InChI=1S/C25H34N2O6S/c1-7-18(4)27(25(29)14-17(2)3)16-20-8-13-23(32-6)24(15-20)33-34(30,31)22-11-9-21(10-12-22)26-19(5)28/h8-13,15,17-18H,7,14,16H2,1-6H3,(H,26,28)/t18-/m0/s1. The minimum Gasteiger partial charge on any atom is -0.493 e. The fraction of sp³-hybridized carbons (Fsp3) is 0.440. The van der Waals surface area contributed by atoms with E-state index in [-0.39, 0.29) is 40.2 Å². The molecule has 8 nitrogen and oxygen atoms in total. The Morgan fingerprint density at radius 3 is 2.21 bits per heavy atom. The van der Waals surface area contributed by atoms with E-state index in [4.69, 9.17) is 8.92 Å². The maximum absolute atomic E-state index is 12.9. The van der Waals surface area contributed by atoms with Crippen LogP contribution in [0.3, 0.4) is 0 Å². The van der Waals surface area contributed by atoms with Crippen LogP contribution >= 0.6 is 0 Å². The Morgan fingerprint density at radius 1 is 1.03 bits per heavy atom. The van der Waals surface area contributed by atoms with Crippen molar-refractivity contribution >= 4 is 27.6 Å². The highest BCUT2D eigenvalue weighted by molar-refractivity contribution is 7.87. The molecule has 2 aromatic rings. The average Bonchev–Trinajstić information content (AvgIpc) is 2.76. The number of methoxy groups -OCH3 is 1. The average molecular weight is 491 g/mol. The summed E-state index contributed by atoms with van der Waals surface area (Å²) in [6.07, 6.45) is 1.24. The first-order valence-corrected chi connectivity index (χ1v) is 12.7. The van der Waals surface area contributed by atoms with Crippen molar-refractivity contribution in [2.45, 2.75) is 64.9 Å². The third kappa shape index (κ3) is 7.48. The first-order valence-electron chi connectivity index (χ1n) is 11.2. The van der Waals surface area contributed by atoms with Gasteiger partial charge in [0.05, 0.1) is 7.11 Å². The summed E-state index contributed by atoms with van der Waals surface area (Å²) in [5.41, 5.74) is 1.20. The van der Waals surface area contributed by atoms with Gasteiger partial charge in [0.2, 0.25) is 11.8 Å². The molecule has 0 saturated heterocycles. The van der Waals surface area contributed by atoms with Crippen LogP contribution in [-0.2, 0) is 26.3 Å². The zero-order valence-corrected chi connectivity index (χ0v) is 21.4. The molecule has 1 atom stereocenters. The van der Waals surface area contributed by atoms with Gasteiger partial charge in [-0.05, 0) is 61.2 Å². The predicted octanol–water partition coefficient (Wildman–Crippen LogP) is 4.59. The van der Waals surface area contributed by atoms with E-state index < -0.39 is 10.1 Å². The minimum absolute atomic E-state index is 0.0311. The molecule has 186 valence electrons. The maximum atomic E-state index is 12.9. The minimum atomic E-state index is -4.16. The molecule has 0 heterocycles. The van der Waals surface area contributed by atoms with Crippen molar-refractivity contribution in [3.63, 3.8) is 0 Å². The summed E-state index contributed by atoms with van der Waals surface area (Å²) in [6.45, 7) is 9.71. The first-order chi connectivity index (χ1) is 16.0. The highest BCUT2D eigenvalue weighted by atomic mass is 32.2. The van der Waals surface area contributed by atoms with Crippen LogP contribution in [0.25, 0.3) is 0 Å². The molecule has 0 aliphatic rings. The number of amides is 2. The maximum Gasteiger partial charge on any atom is 0.339 e. The Balaban J connectivity index is 2.31. The van der Waals surface area contributed by atoms with Crippen molar-refractivity contribution < 1.29 is 26.9 Å². The summed E-state index contributed by atoms with van der Waals surface area (Å²) in [4.78, 5) is 25.7. The van der Waals surface area contributed by atoms with Crippen LogP contribution in [-0.4, -0.2) is 38.3 Å². The summed E-state index contributed by atoms with van der Waals surface area (Å²) in [5.74, 6) is 0.314. The first kappa shape index (κ1) is 27.2. The third-order valence-corrected chi connectivity index (χ3v) is 6.52. The van der Waals surface area contributed by atoms with Crippen LogP contribution in [0.2, 0.25) is 0 Å². The van der Waals surface area contributed by atoms with Gasteiger partial charge < -0.3 is 19.1 Å². The summed E-state index contributed by atoms with van der Waals surface area (Å²) < 4.78 is 36.5. The van der Waals surface area contributed by atoms with E-state index in [1.165, 1.54) is 38.3 Å². The van der Waals surface area contributed by atoms with Crippen LogP contribution in [0.15, 0.2) is 47.4 Å². The quantitative estimate of drug-likeness (QED) is 0.462. The number of carbonyl (C=O) groups is 2. The van der Waals surface area contributed by atoms with Crippen LogP contribution in [0, 0.1) is 5.92 Å². The van der Waals surface area contributed by atoms with Crippen molar-refractivity contribution in [2.75, 3.05) is 12.4 Å². The van der Waals surface area contributed by atoms with Gasteiger partial charge in [0.15, 0.2) is 11.5 Å². The zero-order valence-electron chi connectivity index (χ0n) is 20.6. The molecular weight excluding hydrogens is 456 g/mol. The topological polar surface area (TPSA) is 102 Å². The smallest absolute Gasteiger partial charge is 0.339 e. The molecule has 0 fully saturated rings. The normalized spacial score (nSPS) is 12.2. The number of anilines is 1. The SMILES string of the molecule is CC[C@H](C)N(Cc1ccc(OC)c(OS(=O)(=O)c2ccc(NC(C)=O)cc2)c1)C(=O)CC(C)C. The Labute approximate surface area is 202 Å². The van der Waals surface area contributed by atoms with E-state index in [0.29, 0.717) is 18.7 Å². The van der Waals surface area contributed by atoms with Crippen molar-refractivity contribution in [1.82, 2.24) is 4.90 Å². The van der Waals surface area contributed by atoms with E-state index in [1.807, 2.05) is 27.7 Å². The lowest BCUT2D eigenvalue weighted by atomic mass is 10.1. The van der Waals surface area contributed by atoms with Gasteiger partial charge >= 0.3 is 10.1 Å². The number of hydrogen-bond acceptors (Lipinski definition) is 6. The molecule has 0 bridgehead atoms. The molecule has 0 unspecified atom stereocenters. The molecule has 9 heteroatoms. The van der Waals surface area contributed by atoms with Crippen molar-refractivity contribution in [2.24, 2.45) is 5.92 Å². The van der Waals surface area contributed by atoms with Gasteiger partial charge in [-0.1, -0.05) is 26.8 Å². The van der Waals surface area contributed by atoms with Gasteiger partial charge in [0, 0.05) is 31.6 Å². The number of rotatable bonds is 11. The molecule has 2 aromatic carbocycles. The van der Waals surface area contributed by atoms with E-state index in [0.717, 1.165) is 12.0 Å². The van der Waals surface area contributed by atoms with E-state index in [9.17, 15) is 18.0 Å². The van der Waals surface area contributed by atoms with E-state index in [1.54, 1.807) is 23.1 Å². The van der Waals surface area contributed by atoms with Crippen LogP contribution in [0.5, 0.6) is 11.5 Å². The lowest BCUT2D eigenvalue weighted by molar-refractivity contribution is -0.134. The largest absolute Gasteiger partial charge is 0.493 e. The zero-order chi connectivity index (χ0) is 25.5. The van der Waals surface area contributed by atoms with Gasteiger partial charge in [-0.25, -0.2) is 0 Å². The van der Waals surface area contributed by atoms with Crippen LogP contribution < -0.4 is 14.2 Å². The highest BCUT2D eigenvalue weighted by Gasteiger charge is 2.23. The molecule has 2 amide bonds. The van der Waals surface area contributed by atoms with Crippen LogP contribution in [0.1, 0.15) is 53.0 Å². The number of nitrogens with zero attached hydrogens (tertiary/aromatic N) is 1. The number of nitrogens with one attached hydrogen (secondary N) is 1. The molecule has 0 spiro atoms. The van der Waals surface area contributed by atoms with E-state index in [2.05, 4.69) is 5.32 Å². The predicted molar refractivity (Wildman–Crippen MR) is 131 cm³/mol. The molecule has 0 saturated carbocycles. The summed E-state index contributed by atoms with van der Waals surface area (Å²) in [5, 5.41) is 2.58. The van der Waals surface area contributed by atoms with Crippen molar-refractivity contribution in [1.29, 1.82) is 0 Å². The monoisotopic (exact) mass is 490 g/mol. The lowest BCUT2D eigenvalue weighted by Gasteiger charge is -2.29. The number of carbonyl (C=O) groups excluding carboxylic acids is 2. The van der Waals surface area contributed by atoms with Crippen LogP contribution in [0.4, 0.5) is 5.69 Å². The lowest BCUT2D eigenvalue weighted by Crippen LogP contribution is -2.38. The second-order valence-corrected chi connectivity index (χ2v) is 10.2. The molecular formula is C25H34N2O6S. The van der Waals surface area contributed by atoms with Gasteiger partial charge in [0.1, 0.15) is 4.90 Å². The second kappa shape index (κ2) is 11.9. The van der Waals surface area contributed by atoms with Gasteiger partial charge in [-0.2, -0.15) is 8.42 Å². The van der Waals surface area contributed by atoms with Crippen molar-refractivity contribution in [3.8, 4) is 11.5 Å². The molecule has 0 aliphatic carbocycles.